The fourth-order valence-corrected chi connectivity index (χ4v) is 1.18. The van der Waals surface area contributed by atoms with E-state index in [2.05, 4.69) is 10.3 Å². The molecule has 8 heteroatoms. The summed E-state index contributed by atoms with van der Waals surface area (Å²) in [6.07, 6.45) is -2.96. The first-order valence-electron chi connectivity index (χ1n) is 4.56. The second kappa shape index (κ2) is 5.83. The molecule has 17 heavy (non-hydrogen) atoms. The number of halogens is 4. The molecule has 0 radical (unpaired) electrons. The highest BCUT2D eigenvalue weighted by Crippen LogP contribution is 2.13. The van der Waals surface area contributed by atoms with Crippen LogP contribution in [0, 0.1) is 0 Å². The van der Waals surface area contributed by atoms with Crippen molar-refractivity contribution in [2.45, 2.75) is 6.18 Å². The molecule has 1 heterocycles. The Balaban J connectivity index is 2.35. The van der Waals surface area contributed by atoms with Crippen LogP contribution in [0.2, 0.25) is 5.15 Å². The minimum Gasteiger partial charge on any atom is -0.325 e. The lowest BCUT2D eigenvalue weighted by molar-refractivity contribution is -0.126. The van der Waals surface area contributed by atoms with Gasteiger partial charge in [0.25, 0.3) is 0 Å². The Hall–Kier alpha value is -1.34. The average molecular weight is 268 g/mol. The molecule has 0 aromatic carbocycles. The first-order chi connectivity index (χ1) is 7.87. The van der Waals surface area contributed by atoms with Crippen LogP contribution < -0.4 is 10.6 Å². The number of anilines is 1. The van der Waals surface area contributed by atoms with Crippen molar-refractivity contribution in [2.75, 3.05) is 18.4 Å². The number of amides is 1. The molecule has 1 aromatic rings. The molecule has 0 bridgehead atoms. The third kappa shape index (κ3) is 6.08. The zero-order valence-electron chi connectivity index (χ0n) is 8.51. The minimum atomic E-state index is -4.33. The van der Waals surface area contributed by atoms with Crippen molar-refractivity contribution in [3.63, 3.8) is 0 Å². The van der Waals surface area contributed by atoms with E-state index < -0.39 is 25.2 Å². The molecule has 0 aliphatic carbocycles. The van der Waals surface area contributed by atoms with E-state index in [0.29, 0.717) is 5.69 Å². The quantitative estimate of drug-likeness (QED) is 0.819. The predicted molar refractivity (Wildman–Crippen MR) is 56.8 cm³/mol. The van der Waals surface area contributed by atoms with Crippen LogP contribution in [0.5, 0.6) is 0 Å². The first-order valence-corrected chi connectivity index (χ1v) is 4.93. The number of hydrogen-bond acceptors (Lipinski definition) is 3. The maximum Gasteiger partial charge on any atom is 0.401 e. The van der Waals surface area contributed by atoms with Gasteiger partial charge in [-0.3, -0.25) is 4.79 Å². The summed E-state index contributed by atoms with van der Waals surface area (Å²) in [5.41, 5.74) is 0.379. The second-order valence-corrected chi connectivity index (χ2v) is 3.52. The molecule has 1 rings (SSSR count). The average Bonchev–Trinajstić information content (AvgIpc) is 2.15. The van der Waals surface area contributed by atoms with Crippen molar-refractivity contribution >= 4 is 23.2 Å². The van der Waals surface area contributed by atoms with Crippen LogP contribution in [-0.4, -0.2) is 30.2 Å². The fraction of sp³-hybridized carbons (Fsp3) is 0.333. The van der Waals surface area contributed by atoms with E-state index in [1.54, 1.807) is 0 Å². The number of alkyl halides is 3. The minimum absolute atomic E-state index is 0.186. The van der Waals surface area contributed by atoms with Gasteiger partial charge in [0, 0.05) is 11.9 Å². The molecule has 0 aliphatic heterocycles. The third-order valence-electron chi connectivity index (χ3n) is 1.62. The van der Waals surface area contributed by atoms with E-state index in [1.165, 1.54) is 18.3 Å². The summed E-state index contributed by atoms with van der Waals surface area (Å²) in [5.74, 6) is -0.587. The predicted octanol–water partition coefficient (Wildman–Crippen LogP) is 1.83. The Bertz CT molecular complexity index is 397. The van der Waals surface area contributed by atoms with Gasteiger partial charge in [-0.2, -0.15) is 13.2 Å². The van der Waals surface area contributed by atoms with Crippen LogP contribution in [0.3, 0.4) is 0 Å². The summed E-state index contributed by atoms with van der Waals surface area (Å²) < 4.78 is 35.3. The molecule has 1 aromatic heterocycles. The number of aromatic nitrogens is 1. The Morgan fingerprint density at radius 1 is 1.47 bits per heavy atom. The smallest absolute Gasteiger partial charge is 0.325 e. The maximum atomic E-state index is 11.8. The summed E-state index contributed by atoms with van der Waals surface area (Å²) in [4.78, 5) is 14.9. The second-order valence-electron chi connectivity index (χ2n) is 3.13. The molecule has 0 saturated carbocycles. The molecule has 94 valence electrons. The molecule has 0 unspecified atom stereocenters. The Labute approximate surface area is 100 Å². The highest BCUT2D eigenvalue weighted by Gasteiger charge is 2.26. The fourth-order valence-electron chi connectivity index (χ4n) is 1.00. The van der Waals surface area contributed by atoms with Crippen molar-refractivity contribution in [3.05, 3.63) is 23.5 Å². The van der Waals surface area contributed by atoms with E-state index in [1.807, 2.05) is 5.32 Å². The van der Waals surface area contributed by atoms with E-state index in [-0.39, 0.29) is 5.15 Å². The van der Waals surface area contributed by atoms with Crippen LogP contribution in [0.4, 0.5) is 18.9 Å². The van der Waals surface area contributed by atoms with Crippen molar-refractivity contribution in [3.8, 4) is 0 Å². The summed E-state index contributed by atoms with van der Waals surface area (Å²) >= 11 is 5.57. The normalized spacial score (nSPS) is 11.3. The highest BCUT2D eigenvalue weighted by molar-refractivity contribution is 6.29. The zero-order valence-corrected chi connectivity index (χ0v) is 9.27. The van der Waals surface area contributed by atoms with Crippen LogP contribution >= 0.6 is 11.6 Å². The van der Waals surface area contributed by atoms with Gasteiger partial charge in [-0.1, -0.05) is 11.6 Å². The van der Waals surface area contributed by atoms with Gasteiger partial charge in [0.2, 0.25) is 5.91 Å². The molecule has 2 N–H and O–H groups in total. The molecule has 0 aliphatic rings. The molecule has 4 nitrogen and oxygen atoms in total. The molecule has 0 saturated heterocycles. The zero-order chi connectivity index (χ0) is 12.9. The van der Waals surface area contributed by atoms with E-state index in [0.717, 1.165) is 0 Å². The highest BCUT2D eigenvalue weighted by atomic mass is 35.5. The summed E-state index contributed by atoms with van der Waals surface area (Å²) in [6, 6.07) is 2.87. The van der Waals surface area contributed by atoms with Gasteiger partial charge < -0.3 is 10.6 Å². The van der Waals surface area contributed by atoms with Gasteiger partial charge in [-0.15, -0.1) is 0 Å². The van der Waals surface area contributed by atoms with Crippen molar-refractivity contribution < 1.29 is 18.0 Å². The van der Waals surface area contributed by atoms with Crippen molar-refractivity contribution in [2.24, 2.45) is 0 Å². The van der Waals surface area contributed by atoms with Crippen LogP contribution in [0.1, 0.15) is 0 Å². The lowest BCUT2D eigenvalue weighted by Crippen LogP contribution is -2.35. The topological polar surface area (TPSA) is 54.0 Å². The molecular weight excluding hydrogens is 259 g/mol. The number of nitrogens with one attached hydrogen (secondary N) is 2. The maximum absolute atomic E-state index is 11.8. The van der Waals surface area contributed by atoms with Gasteiger partial charge in [-0.25, -0.2) is 4.98 Å². The summed E-state index contributed by atoms with van der Waals surface area (Å²) in [7, 11) is 0. The van der Waals surface area contributed by atoms with E-state index in [4.69, 9.17) is 11.6 Å². The first kappa shape index (κ1) is 13.7. The standard InChI is InChI=1S/C9H9ClF3N3O/c10-7-3-6(1-2-15-7)16-8(17)4-14-5-9(11,12)13/h1-3,14H,4-5H2,(H,15,16,17). The van der Waals surface area contributed by atoms with Crippen molar-refractivity contribution in [1.29, 1.82) is 0 Å². The molecule has 0 spiro atoms. The number of rotatable bonds is 4. The number of carbonyl (C=O) groups excluding carboxylic acids is 1. The summed E-state index contributed by atoms with van der Waals surface area (Å²) in [6.45, 7) is -1.64. The Morgan fingerprint density at radius 3 is 2.76 bits per heavy atom. The number of pyridine rings is 1. The Kier molecular flexibility index (Phi) is 4.71. The monoisotopic (exact) mass is 267 g/mol. The van der Waals surface area contributed by atoms with Crippen LogP contribution in [-0.2, 0) is 4.79 Å². The number of nitrogens with zero attached hydrogens (tertiary/aromatic N) is 1. The lowest BCUT2D eigenvalue weighted by Gasteiger charge is -2.08. The number of hydrogen-bond donors (Lipinski definition) is 2. The molecule has 1 amide bonds. The van der Waals surface area contributed by atoms with Crippen LogP contribution in [0.15, 0.2) is 18.3 Å². The van der Waals surface area contributed by atoms with E-state index >= 15 is 0 Å². The Morgan fingerprint density at radius 2 is 2.18 bits per heavy atom. The van der Waals surface area contributed by atoms with Gasteiger partial charge in [0.15, 0.2) is 0 Å². The molecule has 0 atom stereocenters. The van der Waals surface area contributed by atoms with Gasteiger partial charge >= 0.3 is 6.18 Å². The SMILES string of the molecule is O=C(CNCC(F)(F)F)Nc1ccnc(Cl)c1. The van der Waals surface area contributed by atoms with Crippen LogP contribution in [0.25, 0.3) is 0 Å². The molecular formula is C9H9ClF3N3O. The van der Waals surface area contributed by atoms with E-state index in [9.17, 15) is 18.0 Å². The summed E-state index contributed by atoms with van der Waals surface area (Å²) in [5, 5.41) is 4.54. The largest absolute Gasteiger partial charge is 0.401 e. The van der Waals surface area contributed by atoms with Gasteiger partial charge in [-0.05, 0) is 12.1 Å². The third-order valence-corrected chi connectivity index (χ3v) is 1.83. The number of carbonyl (C=O) groups is 1. The molecule has 0 fully saturated rings. The van der Waals surface area contributed by atoms with Crippen molar-refractivity contribution in [1.82, 2.24) is 10.3 Å². The van der Waals surface area contributed by atoms with Gasteiger partial charge in [0.05, 0.1) is 13.1 Å². The lowest BCUT2D eigenvalue weighted by atomic mass is 10.4. The van der Waals surface area contributed by atoms with Gasteiger partial charge in [0.1, 0.15) is 5.15 Å².